The summed E-state index contributed by atoms with van der Waals surface area (Å²) in [5.41, 5.74) is 7.33. The number of hydrogen-bond donors (Lipinski definition) is 2. The highest BCUT2D eigenvalue weighted by molar-refractivity contribution is 6.31. The van der Waals surface area contributed by atoms with Crippen molar-refractivity contribution in [1.82, 2.24) is 0 Å². The van der Waals surface area contributed by atoms with Crippen LogP contribution in [0.5, 0.6) is 0 Å². The smallest absolute Gasteiger partial charge is 0.172 e. The van der Waals surface area contributed by atoms with E-state index in [2.05, 4.69) is 23.9 Å². The van der Waals surface area contributed by atoms with E-state index in [0.717, 1.165) is 25.1 Å². The number of rotatable bonds is 8. The molecule has 3 N–H and O–H groups in total. The van der Waals surface area contributed by atoms with E-state index >= 15 is 0 Å². The molecule has 0 aromatic heterocycles. The minimum absolute atomic E-state index is 0.0564. The molecule has 0 amide bonds. The molecule has 0 spiro atoms. The quantitative estimate of drug-likeness (QED) is 0.335. The van der Waals surface area contributed by atoms with E-state index in [1.807, 2.05) is 12.1 Å². The Labute approximate surface area is 131 Å². The summed E-state index contributed by atoms with van der Waals surface area (Å²) in [6.07, 6.45) is 2.00. The van der Waals surface area contributed by atoms with E-state index in [9.17, 15) is 0 Å². The van der Waals surface area contributed by atoms with Crippen molar-refractivity contribution in [2.24, 2.45) is 10.9 Å². The van der Waals surface area contributed by atoms with Gasteiger partial charge in [-0.25, -0.2) is 0 Å². The zero-order valence-corrected chi connectivity index (χ0v) is 13.6. The highest BCUT2D eigenvalue weighted by Gasteiger charge is 2.20. The molecule has 118 valence electrons. The SMILES string of the molecule is CCC(CC)N(CCOC)c1ccc(Cl)cc1C(N)=NO. The first kappa shape index (κ1) is 17.6. The molecule has 0 aliphatic rings. The Bertz CT molecular complexity index is 476. The van der Waals surface area contributed by atoms with Crippen LogP contribution in [0.25, 0.3) is 0 Å². The molecule has 0 radical (unpaired) electrons. The Morgan fingerprint density at radius 2 is 2.10 bits per heavy atom. The highest BCUT2D eigenvalue weighted by Crippen LogP contribution is 2.27. The lowest BCUT2D eigenvalue weighted by Gasteiger charge is -2.34. The molecule has 0 bridgehead atoms. The third kappa shape index (κ3) is 4.51. The standard InChI is InChI=1S/C15H24ClN3O2/c1-4-12(5-2)19(8-9-21-3)14-7-6-11(16)10-13(14)15(17)18-20/h6-7,10,12,20H,4-5,8-9H2,1-3H3,(H2,17,18). The molecule has 0 fully saturated rings. The van der Waals surface area contributed by atoms with Crippen molar-refractivity contribution in [3.63, 3.8) is 0 Å². The van der Waals surface area contributed by atoms with Crippen LogP contribution in [-0.4, -0.2) is 37.3 Å². The van der Waals surface area contributed by atoms with Gasteiger partial charge in [0, 0.05) is 36.0 Å². The monoisotopic (exact) mass is 313 g/mol. The first-order valence-corrected chi connectivity index (χ1v) is 7.49. The van der Waals surface area contributed by atoms with Crippen LogP contribution in [0.4, 0.5) is 5.69 Å². The predicted molar refractivity (Wildman–Crippen MR) is 87.6 cm³/mol. The molecular weight excluding hydrogens is 290 g/mol. The zero-order valence-electron chi connectivity index (χ0n) is 12.8. The van der Waals surface area contributed by atoms with Crippen molar-refractivity contribution in [2.45, 2.75) is 32.7 Å². The lowest BCUT2D eigenvalue weighted by molar-refractivity contribution is 0.202. The number of oxime groups is 1. The first-order chi connectivity index (χ1) is 10.1. The van der Waals surface area contributed by atoms with E-state index in [-0.39, 0.29) is 5.84 Å². The molecule has 1 rings (SSSR count). The molecule has 0 unspecified atom stereocenters. The van der Waals surface area contributed by atoms with Crippen LogP contribution in [0.1, 0.15) is 32.3 Å². The highest BCUT2D eigenvalue weighted by atomic mass is 35.5. The summed E-state index contributed by atoms with van der Waals surface area (Å²) in [5.74, 6) is 0.0564. The molecular formula is C15H24ClN3O2. The van der Waals surface area contributed by atoms with Crippen LogP contribution in [0.15, 0.2) is 23.4 Å². The average molecular weight is 314 g/mol. The molecule has 1 aromatic carbocycles. The summed E-state index contributed by atoms with van der Waals surface area (Å²) in [7, 11) is 1.68. The van der Waals surface area contributed by atoms with Gasteiger partial charge in [0.2, 0.25) is 0 Å². The molecule has 0 heterocycles. The minimum atomic E-state index is 0.0564. The Kier molecular flexibility index (Phi) is 7.32. The molecule has 0 saturated carbocycles. The number of nitrogens with zero attached hydrogens (tertiary/aromatic N) is 2. The van der Waals surface area contributed by atoms with Crippen LogP contribution in [0.2, 0.25) is 5.02 Å². The van der Waals surface area contributed by atoms with Gasteiger partial charge >= 0.3 is 0 Å². The maximum atomic E-state index is 8.99. The normalized spacial score (nSPS) is 12.0. The van der Waals surface area contributed by atoms with Crippen molar-refractivity contribution in [1.29, 1.82) is 0 Å². The maximum Gasteiger partial charge on any atom is 0.172 e. The van der Waals surface area contributed by atoms with E-state index in [1.54, 1.807) is 13.2 Å². The Morgan fingerprint density at radius 3 is 2.62 bits per heavy atom. The second-order valence-electron chi connectivity index (χ2n) is 4.80. The number of amidine groups is 1. The number of ether oxygens (including phenoxy) is 1. The molecule has 0 aliphatic heterocycles. The van der Waals surface area contributed by atoms with Crippen molar-refractivity contribution < 1.29 is 9.94 Å². The number of hydrogen-bond acceptors (Lipinski definition) is 4. The van der Waals surface area contributed by atoms with Crippen LogP contribution < -0.4 is 10.6 Å². The van der Waals surface area contributed by atoms with E-state index < -0.39 is 0 Å². The summed E-state index contributed by atoms with van der Waals surface area (Å²) in [6.45, 7) is 5.63. The average Bonchev–Trinajstić information content (AvgIpc) is 2.51. The lowest BCUT2D eigenvalue weighted by atomic mass is 10.1. The molecule has 1 aromatic rings. The third-order valence-corrected chi connectivity index (χ3v) is 3.81. The van der Waals surface area contributed by atoms with E-state index in [4.69, 9.17) is 27.3 Å². The number of anilines is 1. The number of nitrogens with two attached hydrogens (primary N) is 1. The van der Waals surface area contributed by atoms with Crippen molar-refractivity contribution in [3.8, 4) is 0 Å². The molecule has 0 aliphatic carbocycles. The first-order valence-electron chi connectivity index (χ1n) is 7.11. The summed E-state index contributed by atoms with van der Waals surface area (Å²) < 4.78 is 5.20. The second kappa shape index (κ2) is 8.74. The van der Waals surface area contributed by atoms with Crippen molar-refractivity contribution in [2.75, 3.05) is 25.2 Å². The van der Waals surface area contributed by atoms with Gasteiger partial charge in [-0.2, -0.15) is 0 Å². The minimum Gasteiger partial charge on any atom is -0.409 e. The fourth-order valence-corrected chi connectivity index (χ4v) is 2.61. The van der Waals surface area contributed by atoms with Crippen LogP contribution in [-0.2, 0) is 4.74 Å². The fourth-order valence-electron chi connectivity index (χ4n) is 2.44. The van der Waals surface area contributed by atoms with E-state index in [1.165, 1.54) is 0 Å². The summed E-state index contributed by atoms with van der Waals surface area (Å²) in [6, 6.07) is 5.79. The lowest BCUT2D eigenvalue weighted by Crippen LogP contribution is -2.38. The van der Waals surface area contributed by atoms with Gasteiger partial charge in [0.05, 0.1) is 6.61 Å². The fraction of sp³-hybridized carbons (Fsp3) is 0.533. The third-order valence-electron chi connectivity index (χ3n) is 3.57. The van der Waals surface area contributed by atoms with Crippen LogP contribution >= 0.6 is 11.6 Å². The van der Waals surface area contributed by atoms with Gasteiger partial charge in [0.1, 0.15) is 0 Å². The molecule has 0 saturated heterocycles. The Balaban J connectivity index is 3.28. The van der Waals surface area contributed by atoms with Gasteiger partial charge in [-0.15, -0.1) is 0 Å². The molecule has 0 atom stereocenters. The molecule has 5 nitrogen and oxygen atoms in total. The van der Waals surface area contributed by atoms with Crippen molar-refractivity contribution in [3.05, 3.63) is 28.8 Å². The van der Waals surface area contributed by atoms with Gasteiger partial charge < -0.3 is 20.6 Å². The Morgan fingerprint density at radius 1 is 1.43 bits per heavy atom. The largest absolute Gasteiger partial charge is 0.409 e. The Hall–Kier alpha value is -1.46. The van der Waals surface area contributed by atoms with Crippen LogP contribution in [0, 0.1) is 0 Å². The van der Waals surface area contributed by atoms with Gasteiger partial charge in [-0.1, -0.05) is 30.6 Å². The summed E-state index contributed by atoms with van der Waals surface area (Å²) >= 11 is 6.04. The zero-order chi connectivity index (χ0) is 15.8. The number of methoxy groups -OCH3 is 1. The van der Waals surface area contributed by atoms with Gasteiger partial charge in [-0.3, -0.25) is 0 Å². The van der Waals surface area contributed by atoms with Gasteiger partial charge in [0.15, 0.2) is 5.84 Å². The topological polar surface area (TPSA) is 71.1 Å². The van der Waals surface area contributed by atoms with Gasteiger partial charge in [-0.05, 0) is 31.0 Å². The van der Waals surface area contributed by atoms with Crippen LogP contribution in [0.3, 0.4) is 0 Å². The predicted octanol–water partition coefficient (Wildman–Crippen LogP) is 3.08. The second-order valence-corrected chi connectivity index (χ2v) is 5.24. The van der Waals surface area contributed by atoms with Crippen molar-refractivity contribution >= 4 is 23.1 Å². The number of halogens is 1. The number of benzene rings is 1. The molecule has 6 heteroatoms. The summed E-state index contributed by atoms with van der Waals surface area (Å²) in [5, 5.41) is 12.7. The van der Waals surface area contributed by atoms with Gasteiger partial charge in [0.25, 0.3) is 0 Å². The summed E-state index contributed by atoms with van der Waals surface area (Å²) in [4.78, 5) is 2.23. The molecule has 21 heavy (non-hydrogen) atoms. The maximum absolute atomic E-state index is 8.99. The van der Waals surface area contributed by atoms with E-state index in [0.29, 0.717) is 23.2 Å².